The lowest BCUT2D eigenvalue weighted by atomic mass is 10.1. The van der Waals surface area contributed by atoms with Gasteiger partial charge in [0.2, 0.25) is 0 Å². The summed E-state index contributed by atoms with van der Waals surface area (Å²) in [7, 11) is -4.69. The van der Waals surface area contributed by atoms with E-state index in [1.165, 1.54) is 0 Å². The maximum atomic E-state index is 12.0. The van der Waals surface area contributed by atoms with E-state index in [2.05, 4.69) is 40.6 Å². The van der Waals surface area contributed by atoms with Crippen LogP contribution in [0.5, 0.6) is 6.01 Å². The number of aromatic amines is 1. The van der Waals surface area contributed by atoms with E-state index >= 15 is 0 Å². The maximum Gasteiger partial charge on any atom is 0.347 e. The van der Waals surface area contributed by atoms with Gasteiger partial charge in [0.15, 0.2) is 11.8 Å². The fourth-order valence-electron chi connectivity index (χ4n) is 5.46. The standard InChI is InChI=1S/C31H47BrClN3O6Si2/c1-30(2,3)44(38,31(4,5)6)42-27-22(16-37)40-18-23(27)41-29-35-26-21(17-39-14-15-43(7,8)9)24(33)25(34-28(26)36-29)19-10-12-20(32)13-11-19/h10-13,22-23,27,37-38H,14-18H2,1-9H3,(H,34,35,36)/t22-,23-,27-/m1/s1. The van der Waals surface area contributed by atoms with Gasteiger partial charge in [-0.3, -0.25) is 0 Å². The minimum Gasteiger partial charge on any atom is -0.456 e. The van der Waals surface area contributed by atoms with E-state index in [0.717, 1.165) is 21.6 Å². The highest BCUT2D eigenvalue weighted by molar-refractivity contribution is 9.10. The van der Waals surface area contributed by atoms with Gasteiger partial charge < -0.3 is 33.5 Å². The van der Waals surface area contributed by atoms with E-state index in [4.69, 9.17) is 40.2 Å². The number of pyridine rings is 1. The molecule has 0 unspecified atom stereocenters. The van der Waals surface area contributed by atoms with E-state index in [0.29, 0.717) is 28.5 Å². The van der Waals surface area contributed by atoms with Crippen molar-refractivity contribution in [3.63, 3.8) is 0 Å². The van der Waals surface area contributed by atoms with Crippen LogP contribution < -0.4 is 4.74 Å². The van der Waals surface area contributed by atoms with Crippen LogP contribution in [0, 0.1) is 0 Å². The maximum absolute atomic E-state index is 12.0. The lowest BCUT2D eigenvalue weighted by Crippen LogP contribution is -2.59. The first-order chi connectivity index (χ1) is 20.3. The molecular formula is C31H47BrClN3O6Si2. The molecule has 1 aliphatic heterocycles. The third-order valence-electron chi connectivity index (χ3n) is 8.01. The number of aliphatic hydroxyl groups excluding tert-OH is 1. The summed E-state index contributed by atoms with van der Waals surface area (Å²) in [6.07, 6.45) is -1.99. The molecule has 3 N–H and O–H groups in total. The molecule has 1 fully saturated rings. The quantitative estimate of drug-likeness (QED) is 0.138. The smallest absolute Gasteiger partial charge is 0.347 e. The monoisotopic (exact) mass is 727 g/mol. The van der Waals surface area contributed by atoms with Crippen LogP contribution in [-0.4, -0.2) is 79.6 Å². The number of rotatable bonds is 11. The Bertz CT molecular complexity index is 1420. The molecule has 9 nitrogen and oxygen atoms in total. The summed E-state index contributed by atoms with van der Waals surface area (Å²) in [6, 6.07) is 9.04. The Morgan fingerprint density at radius 2 is 1.70 bits per heavy atom. The molecular weight excluding hydrogens is 682 g/mol. The largest absolute Gasteiger partial charge is 0.456 e. The van der Waals surface area contributed by atoms with Crippen LogP contribution in [0.4, 0.5) is 0 Å². The number of nitrogens with one attached hydrogen (secondary N) is 1. The van der Waals surface area contributed by atoms with Gasteiger partial charge in [0.1, 0.15) is 12.2 Å². The summed E-state index contributed by atoms with van der Waals surface area (Å²) < 4.78 is 25.9. The minimum absolute atomic E-state index is 0.163. The number of nitrogens with zero attached hydrogens (tertiary/aromatic N) is 2. The second-order valence-corrected chi connectivity index (χ2v) is 26.2. The molecule has 0 spiro atoms. The molecule has 1 saturated heterocycles. The number of aromatic nitrogens is 3. The molecule has 0 saturated carbocycles. The van der Waals surface area contributed by atoms with Gasteiger partial charge >= 0.3 is 8.56 Å². The van der Waals surface area contributed by atoms with Crippen molar-refractivity contribution in [1.29, 1.82) is 0 Å². The Morgan fingerprint density at radius 1 is 1.07 bits per heavy atom. The second-order valence-electron chi connectivity index (χ2n) is 14.8. The minimum atomic E-state index is -3.41. The van der Waals surface area contributed by atoms with Crippen molar-refractivity contribution in [3.05, 3.63) is 39.3 Å². The third-order valence-corrected chi connectivity index (χ3v) is 15.3. The van der Waals surface area contributed by atoms with Crippen LogP contribution in [0.1, 0.15) is 47.1 Å². The van der Waals surface area contributed by atoms with Crippen molar-refractivity contribution < 1.29 is 28.5 Å². The van der Waals surface area contributed by atoms with Gasteiger partial charge in [-0.05, 0) is 18.2 Å². The van der Waals surface area contributed by atoms with Gasteiger partial charge in [-0.2, -0.15) is 4.98 Å². The van der Waals surface area contributed by atoms with Gasteiger partial charge in [-0.1, -0.05) is 101 Å². The number of fused-ring (bicyclic) bond motifs is 1. The van der Waals surface area contributed by atoms with Gasteiger partial charge in [-0.25, -0.2) is 4.98 Å². The lowest BCUT2D eigenvalue weighted by molar-refractivity contribution is -0.0140. The van der Waals surface area contributed by atoms with Crippen molar-refractivity contribution in [2.24, 2.45) is 0 Å². The second kappa shape index (κ2) is 13.4. The summed E-state index contributed by atoms with van der Waals surface area (Å²) in [5.41, 5.74) is 3.27. The van der Waals surface area contributed by atoms with E-state index in [-0.39, 0.29) is 25.8 Å². The average molecular weight is 729 g/mol. The molecule has 1 aliphatic rings. The molecule has 0 aliphatic carbocycles. The molecule has 13 heteroatoms. The predicted octanol–water partition coefficient (Wildman–Crippen LogP) is 7.45. The molecule has 0 amide bonds. The zero-order valence-electron chi connectivity index (χ0n) is 27.3. The Balaban J connectivity index is 1.69. The predicted molar refractivity (Wildman–Crippen MR) is 183 cm³/mol. The number of ether oxygens (including phenoxy) is 3. The number of imidazole rings is 1. The number of H-pyrrole nitrogens is 1. The molecule has 0 bridgehead atoms. The first-order valence-electron chi connectivity index (χ1n) is 15.1. The number of hydrogen-bond acceptors (Lipinski definition) is 8. The summed E-state index contributed by atoms with van der Waals surface area (Å²) in [6.45, 7) is 19.6. The molecule has 244 valence electrons. The van der Waals surface area contributed by atoms with Gasteiger partial charge in [0, 0.05) is 40.4 Å². The van der Waals surface area contributed by atoms with Crippen molar-refractivity contribution in [3.8, 4) is 17.3 Å². The van der Waals surface area contributed by atoms with Crippen molar-refractivity contribution in [1.82, 2.24) is 15.0 Å². The molecule has 2 aromatic heterocycles. The first kappa shape index (κ1) is 35.5. The zero-order chi connectivity index (χ0) is 32.7. The third kappa shape index (κ3) is 7.77. The van der Waals surface area contributed by atoms with E-state index in [1.54, 1.807) is 0 Å². The van der Waals surface area contributed by atoms with Crippen LogP contribution in [0.15, 0.2) is 28.7 Å². The summed E-state index contributed by atoms with van der Waals surface area (Å²) in [4.78, 5) is 24.8. The van der Waals surface area contributed by atoms with Crippen LogP contribution in [-0.2, 0) is 20.5 Å². The Hall–Kier alpha value is -1.36. The summed E-state index contributed by atoms with van der Waals surface area (Å²) >= 11 is 10.5. The van der Waals surface area contributed by atoms with Crippen LogP contribution in [0.25, 0.3) is 22.4 Å². The highest BCUT2D eigenvalue weighted by Gasteiger charge is 2.59. The lowest BCUT2D eigenvalue weighted by Gasteiger charge is -2.47. The van der Waals surface area contributed by atoms with Gasteiger partial charge in [0.05, 0.1) is 36.1 Å². The topological polar surface area (TPSA) is 119 Å². The highest BCUT2D eigenvalue weighted by atomic mass is 79.9. The molecule has 0 radical (unpaired) electrons. The van der Waals surface area contributed by atoms with Crippen molar-refractivity contribution in [2.45, 2.75) is 102 Å². The number of halogens is 2. The van der Waals surface area contributed by atoms with E-state index in [9.17, 15) is 9.90 Å². The Kier molecular flexibility index (Phi) is 10.8. The number of benzene rings is 1. The van der Waals surface area contributed by atoms with Crippen LogP contribution >= 0.6 is 27.5 Å². The molecule has 1 aromatic carbocycles. The Labute approximate surface area is 276 Å². The van der Waals surface area contributed by atoms with Gasteiger partial charge in [-0.15, -0.1) is 0 Å². The van der Waals surface area contributed by atoms with Crippen molar-refractivity contribution in [2.75, 3.05) is 19.8 Å². The Morgan fingerprint density at radius 3 is 2.27 bits per heavy atom. The average Bonchev–Trinajstić information content (AvgIpc) is 3.49. The summed E-state index contributed by atoms with van der Waals surface area (Å²) in [5, 5.41) is 9.59. The molecule has 4 rings (SSSR count). The molecule has 3 atom stereocenters. The fourth-order valence-corrected chi connectivity index (χ4v) is 10.4. The fraction of sp³-hybridized carbons (Fsp3) is 0.613. The van der Waals surface area contributed by atoms with Crippen molar-refractivity contribution >= 4 is 55.3 Å². The molecule has 3 aromatic rings. The van der Waals surface area contributed by atoms with Gasteiger partial charge in [0.25, 0.3) is 6.01 Å². The normalized spacial score (nSPS) is 20.1. The van der Waals surface area contributed by atoms with Crippen LogP contribution in [0.3, 0.4) is 0 Å². The van der Waals surface area contributed by atoms with Crippen LogP contribution in [0.2, 0.25) is 40.8 Å². The molecule has 44 heavy (non-hydrogen) atoms. The zero-order valence-corrected chi connectivity index (χ0v) is 31.6. The summed E-state index contributed by atoms with van der Waals surface area (Å²) in [5.74, 6) is 0. The number of hydrogen-bond donors (Lipinski definition) is 3. The number of aliphatic hydroxyl groups is 1. The van der Waals surface area contributed by atoms with E-state index in [1.807, 2.05) is 65.8 Å². The first-order valence-corrected chi connectivity index (χ1v) is 21.8. The van der Waals surface area contributed by atoms with E-state index < -0.39 is 45.0 Å². The SMILES string of the molecule is CC(C)(C)[Si](O)(O[C@@H]1[C@@H](CO)OC[C@H]1Oc1nc2nc(-c3ccc(Br)cc3)c(Cl)c(COCC[Si](C)(C)C)c2[nH]1)C(C)(C)C. The molecule has 3 heterocycles. The highest BCUT2D eigenvalue weighted by Crippen LogP contribution is 2.51.